The minimum atomic E-state index is -0.604. The van der Waals surface area contributed by atoms with E-state index in [2.05, 4.69) is 24.3 Å². The van der Waals surface area contributed by atoms with Gasteiger partial charge in [0.1, 0.15) is 0 Å². The van der Waals surface area contributed by atoms with Crippen molar-refractivity contribution in [3.63, 3.8) is 0 Å². The number of hydroxylamine groups is 2. The van der Waals surface area contributed by atoms with E-state index in [0.717, 1.165) is 30.7 Å². The molecule has 0 aliphatic heterocycles. The minimum absolute atomic E-state index is 0.363. The predicted octanol–water partition coefficient (Wildman–Crippen LogP) is 4.88. The lowest BCUT2D eigenvalue weighted by molar-refractivity contribution is -0.114. The van der Waals surface area contributed by atoms with Gasteiger partial charge in [0.05, 0.1) is 5.54 Å². The Morgan fingerprint density at radius 1 is 0.875 bits per heavy atom. The van der Waals surface area contributed by atoms with Gasteiger partial charge in [0.25, 0.3) is 5.91 Å². The standard InChI is InChI=1S/C21H27NO2/c1-21(2,3)22(24)20(23)19-15-13-18(14-16-19)12-8-7-11-17-9-5-4-6-10-17/h4-6,9-10,13-16,24H,7-8,11-12H2,1-3H3. The molecule has 3 heteroatoms. The Kier molecular flexibility index (Phi) is 6.16. The van der Waals surface area contributed by atoms with Gasteiger partial charge in [0.2, 0.25) is 0 Å². The molecule has 0 saturated heterocycles. The molecule has 2 aromatic carbocycles. The average molecular weight is 325 g/mol. The monoisotopic (exact) mass is 325 g/mol. The molecule has 0 atom stereocenters. The molecule has 24 heavy (non-hydrogen) atoms. The van der Waals surface area contributed by atoms with Crippen LogP contribution in [-0.2, 0) is 12.8 Å². The van der Waals surface area contributed by atoms with Gasteiger partial charge in [-0.15, -0.1) is 0 Å². The lowest BCUT2D eigenvalue weighted by Crippen LogP contribution is -2.43. The molecule has 0 aromatic heterocycles. The fraction of sp³-hybridized carbons (Fsp3) is 0.381. The van der Waals surface area contributed by atoms with E-state index in [-0.39, 0.29) is 5.91 Å². The normalized spacial score (nSPS) is 11.3. The van der Waals surface area contributed by atoms with Crippen molar-refractivity contribution in [2.24, 2.45) is 0 Å². The van der Waals surface area contributed by atoms with Crippen LogP contribution in [0.15, 0.2) is 54.6 Å². The van der Waals surface area contributed by atoms with E-state index < -0.39 is 5.54 Å². The van der Waals surface area contributed by atoms with E-state index in [0.29, 0.717) is 5.56 Å². The number of unbranched alkanes of at least 4 members (excludes halogenated alkanes) is 1. The summed E-state index contributed by atoms with van der Waals surface area (Å²) < 4.78 is 0. The van der Waals surface area contributed by atoms with Crippen molar-refractivity contribution in [2.75, 3.05) is 0 Å². The molecular formula is C21H27NO2. The Morgan fingerprint density at radius 3 is 1.88 bits per heavy atom. The molecule has 0 heterocycles. The molecule has 0 unspecified atom stereocenters. The highest BCUT2D eigenvalue weighted by atomic mass is 16.5. The van der Waals surface area contributed by atoms with Gasteiger partial charge in [-0.1, -0.05) is 42.5 Å². The van der Waals surface area contributed by atoms with Crippen molar-refractivity contribution >= 4 is 5.91 Å². The number of hydrogen-bond donors (Lipinski definition) is 1. The topological polar surface area (TPSA) is 40.5 Å². The van der Waals surface area contributed by atoms with Gasteiger partial charge in [0, 0.05) is 5.56 Å². The van der Waals surface area contributed by atoms with Gasteiger partial charge in [-0.3, -0.25) is 10.0 Å². The Bertz CT molecular complexity index is 642. The van der Waals surface area contributed by atoms with E-state index in [1.807, 2.05) is 18.2 Å². The van der Waals surface area contributed by atoms with Gasteiger partial charge in [-0.2, -0.15) is 0 Å². The van der Waals surface area contributed by atoms with Crippen molar-refractivity contribution in [3.8, 4) is 0 Å². The smallest absolute Gasteiger partial charge is 0.277 e. The zero-order valence-electron chi connectivity index (χ0n) is 14.8. The van der Waals surface area contributed by atoms with E-state index in [1.54, 1.807) is 32.9 Å². The molecule has 0 aliphatic carbocycles. The highest BCUT2D eigenvalue weighted by molar-refractivity contribution is 5.93. The number of rotatable bonds is 6. The van der Waals surface area contributed by atoms with Crippen molar-refractivity contribution in [2.45, 2.75) is 52.0 Å². The molecule has 0 bridgehead atoms. The Morgan fingerprint density at radius 2 is 1.38 bits per heavy atom. The Labute approximate surface area is 144 Å². The second-order valence-electron chi connectivity index (χ2n) is 7.18. The summed E-state index contributed by atoms with van der Waals surface area (Å²) in [5, 5.41) is 10.7. The number of aryl methyl sites for hydroxylation is 2. The number of carbonyl (C=O) groups excluding carboxylic acids is 1. The molecule has 0 fully saturated rings. The van der Waals surface area contributed by atoms with Crippen molar-refractivity contribution < 1.29 is 10.0 Å². The molecule has 1 amide bonds. The van der Waals surface area contributed by atoms with Gasteiger partial charge in [-0.25, -0.2) is 5.06 Å². The van der Waals surface area contributed by atoms with Gasteiger partial charge in [-0.05, 0) is 69.7 Å². The summed E-state index contributed by atoms with van der Waals surface area (Å²) in [4.78, 5) is 12.2. The number of hydrogen-bond acceptors (Lipinski definition) is 2. The Balaban J connectivity index is 1.83. The largest absolute Gasteiger partial charge is 0.285 e. The summed E-state index contributed by atoms with van der Waals surface area (Å²) >= 11 is 0. The van der Waals surface area contributed by atoms with Crippen LogP contribution >= 0.6 is 0 Å². The van der Waals surface area contributed by atoms with Crippen LogP contribution in [0.3, 0.4) is 0 Å². The summed E-state index contributed by atoms with van der Waals surface area (Å²) in [6.45, 7) is 5.39. The maximum Gasteiger partial charge on any atom is 0.277 e. The first-order chi connectivity index (χ1) is 11.4. The molecule has 0 spiro atoms. The molecule has 3 nitrogen and oxygen atoms in total. The molecular weight excluding hydrogens is 298 g/mol. The lowest BCUT2D eigenvalue weighted by atomic mass is 10.0. The van der Waals surface area contributed by atoms with E-state index in [1.165, 1.54) is 11.1 Å². The van der Waals surface area contributed by atoms with Crippen LogP contribution in [0.1, 0.15) is 55.1 Å². The average Bonchev–Trinajstić information content (AvgIpc) is 2.58. The fourth-order valence-electron chi connectivity index (χ4n) is 2.54. The first-order valence-corrected chi connectivity index (χ1v) is 8.54. The fourth-order valence-corrected chi connectivity index (χ4v) is 2.54. The molecule has 2 rings (SSSR count). The van der Waals surface area contributed by atoms with Crippen LogP contribution in [0.25, 0.3) is 0 Å². The van der Waals surface area contributed by atoms with Gasteiger partial charge >= 0.3 is 0 Å². The molecule has 0 saturated carbocycles. The predicted molar refractivity (Wildman–Crippen MR) is 97.2 cm³/mol. The molecule has 0 radical (unpaired) electrons. The first-order valence-electron chi connectivity index (χ1n) is 8.54. The molecule has 1 N–H and O–H groups in total. The number of carbonyl (C=O) groups is 1. The summed E-state index contributed by atoms with van der Waals surface area (Å²) in [7, 11) is 0. The second-order valence-corrected chi connectivity index (χ2v) is 7.18. The van der Waals surface area contributed by atoms with Crippen molar-refractivity contribution in [1.29, 1.82) is 0 Å². The first kappa shape index (κ1) is 18.2. The summed E-state index contributed by atoms with van der Waals surface area (Å²) in [6, 6.07) is 18.1. The maximum atomic E-state index is 12.2. The highest BCUT2D eigenvalue weighted by Crippen LogP contribution is 2.16. The maximum absolute atomic E-state index is 12.2. The third-order valence-corrected chi connectivity index (χ3v) is 4.05. The van der Waals surface area contributed by atoms with E-state index >= 15 is 0 Å². The zero-order chi connectivity index (χ0) is 17.6. The zero-order valence-corrected chi connectivity index (χ0v) is 14.8. The van der Waals surface area contributed by atoms with E-state index in [9.17, 15) is 10.0 Å². The van der Waals surface area contributed by atoms with E-state index in [4.69, 9.17) is 0 Å². The second kappa shape index (κ2) is 8.11. The van der Waals surface area contributed by atoms with Gasteiger partial charge < -0.3 is 0 Å². The number of amides is 1. The lowest BCUT2D eigenvalue weighted by Gasteiger charge is -2.29. The SMILES string of the molecule is CC(C)(C)N(O)C(=O)c1ccc(CCCCc2ccccc2)cc1. The Hall–Kier alpha value is -2.13. The molecule has 2 aromatic rings. The van der Waals surface area contributed by atoms with Gasteiger partial charge in [0.15, 0.2) is 0 Å². The van der Waals surface area contributed by atoms with Crippen molar-refractivity contribution in [3.05, 3.63) is 71.3 Å². The summed E-state index contributed by atoms with van der Waals surface area (Å²) in [5.74, 6) is -0.363. The number of benzene rings is 2. The van der Waals surface area contributed by atoms with Crippen molar-refractivity contribution in [1.82, 2.24) is 5.06 Å². The number of nitrogens with zero attached hydrogens (tertiary/aromatic N) is 1. The third-order valence-electron chi connectivity index (χ3n) is 4.05. The van der Waals surface area contributed by atoms with Crippen LogP contribution in [0.2, 0.25) is 0 Å². The van der Waals surface area contributed by atoms with Crippen LogP contribution in [0.5, 0.6) is 0 Å². The van der Waals surface area contributed by atoms with Crippen LogP contribution in [0, 0.1) is 0 Å². The van der Waals surface area contributed by atoms with Crippen LogP contribution in [0.4, 0.5) is 0 Å². The van der Waals surface area contributed by atoms with Crippen LogP contribution < -0.4 is 0 Å². The minimum Gasteiger partial charge on any atom is -0.285 e. The summed E-state index contributed by atoms with van der Waals surface area (Å²) in [6.07, 6.45) is 4.38. The molecule has 128 valence electrons. The molecule has 0 aliphatic rings. The highest BCUT2D eigenvalue weighted by Gasteiger charge is 2.25. The summed E-state index contributed by atoms with van der Waals surface area (Å²) in [5.41, 5.74) is 2.51. The quantitative estimate of drug-likeness (QED) is 0.467. The third kappa shape index (κ3) is 5.20. The van der Waals surface area contributed by atoms with Crippen LogP contribution in [-0.4, -0.2) is 21.7 Å².